The highest BCUT2D eigenvalue weighted by Gasteiger charge is 2.19. The van der Waals surface area contributed by atoms with Gasteiger partial charge in [-0.05, 0) is 69.6 Å². The first-order valence-electron chi connectivity index (χ1n) is 16.2. The van der Waals surface area contributed by atoms with Crippen molar-refractivity contribution in [2.75, 3.05) is 5.32 Å². The second-order valence-corrected chi connectivity index (χ2v) is 10.5. The maximum Gasteiger partial charge on any atom is 0.345 e. The number of aromatic hydroxyl groups is 1. The quantitative estimate of drug-likeness (QED) is 0.0422. The van der Waals surface area contributed by atoms with Gasteiger partial charge in [-0.3, -0.25) is 9.59 Å². The van der Waals surface area contributed by atoms with Gasteiger partial charge in [0.2, 0.25) is 12.2 Å². The number of carbonyl (C=O) groups is 3. The van der Waals surface area contributed by atoms with Crippen LogP contribution in [0.15, 0.2) is 79.0 Å². The second kappa shape index (κ2) is 25.6. The largest absolute Gasteiger partial charge is 0.507 e. The third-order valence-corrected chi connectivity index (χ3v) is 6.49. The van der Waals surface area contributed by atoms with Gasteiger partial charge >= 0.3 is 11.9 Å². The molecule has 7 heteroatoms. The molecule has 1 aromatic rings. The highest BCUT2D eigenvalue weighted by atomic mass is 16.7. The summed E-state index contributed by atoms with van der Waals surface area (Å²) < 4.78 is 10.3. The van der Waals surface area contributed by atoms with Crippen molar-refractivity contribution in [3.8, 4) is 5.75 Å². The first kappa shape index (κ1) is 38.2. The number of nitrogens with one attached hydrogen (secondary N) is 1. The summed E-state index contributed by atoms with van der Waals surface area (Å²) in [7, 11) is 0. The summed E-state index contributed by atoms with van der Waals surface area (Å²) >= 11 is 0. The Morgan fingerprint density at radius 3 is 1.95 bits per heavy atom. The van der Waals surface area contributed by atoms with E-state index in [4.69, 9.17) is 9.47 Å². The monoisotopic (exact) mass is 607 g/mol. The van der Waals surface area contributed by atoms with E-state index in [-0.39, 0.29) is 23.6 Å². The van der Waals surface area contributed by atoms with E-state index in [9.17, 15) is 19.5 Å². The molecule has 0 heterocycles. The molecule has 0 saturated heterocycles. The molecule has 1 unspecified atom stereocenters. The average molecular weight is 608 g/mol. The molecule has 0 saturated carbocycles. The first-order valence-corrected chi connectivity index (χ1v) is 16.2. The van der Waals surface area contributed by atoms with E-state index in [2.05, 4.69) is 79.9 Å². The smallest absolute Gasteiger partial charge is 0.345 e. The van der Waals surface area contributed by atoms with Crippen molar-refractivity contribution in [1.29, 1.82) is 0 Å². The summed E-state index contributed by atoms with van der Waals surface area (Å²) in [5.41, 5.74) is 0.246. The summed E-state index contributed by atoms with van der Waals surface area (Å²) in [4.78, 5) is 36.9. The van der Waals surface area contributed by atoms with Crippen LogP contribution in [0.25, 0.3) is 0 Å². The number of benzene rings is 1. The zero-order chi connectivity index (χ0) is 32.3. The van der Waals surface area contributed by atoms with Crippen LogP contribution in [0.2, 0.25) is 0 Å². The van der Waals surface area contributed by atoms with Gasteiger partial charge in [-0.15, -0.1) is 0 Å². The number of hydrogen-bond acceptors (Lipinski definition) is 6. The van der Waals surface area contributed by atoms with Gasteiger partial charge in [0.1, 0.15) is 11.3 Å². The number of carbonyl (C=O) groups excluding carboxylic acids is 3. The molecule has 1 amide bonds. The van der Waals surface area contributed by atoms with Gasteiger partial charge in [0.15, 0.2) is 0 Å². The van der Waals surface area contributed by atoms with E-state index in [0.717, 1.165) is 70.6 Å². The topological polar surface area (TPSA) is 102 Å². The van der Waals surface area contributed by atoms with Crippen molar-refractivity contribution in [3.63, 3.8) is 0 Å². The minimum atomic E-state index is -1.10. The molecule has 0 bridgehead atoms. The standard InChI is InChI=1S/C37H53NO6/c1-4-6-8-10-11-12-13-14-15-16-17-18-19-20-21-23-24-26-35(40)38-32-28-29-34(39)33(30-32)37(42)44-31(3)43-36(41)27-25-22-9-7-5-2/h6,8,11-12,14-15,17-18,20-21,28-31,39H,4-5,7,9-10,13,16,19,22-27H2,1-3H3,(H,38,40)/b8-6-,12-11-,15-14-,18-17-,21-20-. The molecule has 0 aliphatic rings. The number of unbranched alkanes of at least 4 members (excludes halogenated alkanes) is 5. The Hall–Kier alpha value is -3.87. The number of phenols is 1. The van der Waals surface area contributed by atoms with Crippen LogP contribution in [-0.4, -0.2) is 29.2 Å². The van der Waals surface area contributed by atoms with Crippen molar-refractivity contribution in [2.45, 2.75) is 117 Å². The number of allylic oxidation sites excluding steroid dienone is 10. The predicted molar refractivity (Wildman–Crippen MR) is 179 cm³/mol. The van der Waals surface area contributed by atoms with Crippen molar-refractivity contribution >= 4 is 23.5 Å². The van der Waals surface area contributed by atoms with Crippen LogP contribution in [-0.2, 0) is 19.1 Å². The van der Waals surface area contributed by atoms with Crippen molar-refractivity contribution in [3.05, 3.63) is 84.5 Å². The summed E-state index contributed by atoms with van der Waals surface area (Å²) in [5.74, 6) is -1.76. The number of amides is 1. The Morgan fingerprint density at radius 2 is 1.34 bits per heavy atom. The average Bonchev–Trinajstić information content (AvgIpc) is 2.99. The number of ether oxygens (including phenoxy) is 2. The Bertz CT molecular complexity index is 1110. The zero-order valence-corrected chi connectivity index (χ0v) is 27.0. The van der Waals surface area contributed by atoms with E-state index < -0.39 is 18.2 Å². The fourth-order valence-corrected chi connectivity index (χ4v) is 4.11. The normalized spacial score (nSPS) is 12.6. The molecule has 7 nitrogen and oxygen atoms in total. The Kier molecular flexibility index (Phi) is 22.2. The number of anilines is 1. The summed E-state index contributed by atoms with van der Waals surface area (Å²) in [5, 5.41) is 12.9. The molecule has 1 rings (SSSR count). The highest BCUT2D eigenvalue weighted by Crippen LogP contribution is 2.23. The molecular formula is C37H53NO6. The van der Waals surface area contributed by atoms with Gasteiger partial charge < -0.3 is 19.9 Å². The Balaban J connectivity index is 2.30. The van der Waals surface area contributed by atoms with E-state index >= 15 is 0 Å². The summed E-state index contributed by atoms with van der Waals surface area (Å²) in [6, 6.07) is 4.17. The van der Waals surface area contributed by atoms with E-state index in [1.807, 2.05) is 0 Å². The van der Waals surface area contributed by atoms with Crippen LogP contribution in [0.5, 0.6) is 5.75 Å². The fourth-order valence-electron chi connectivity index (χ4n) is 4.11. The van der Waals surface area contributed by atoms with E-state index in [1.54, 1.807) is 0 Å². The minimum Gasteiger partial charge on any atom is -0.507 e. The SMILES string of the molecule is CC/C=C\C/C=C\C/C=C\C/C=C\C/C=C\CCCC(=O)Nc1ccc(O)c(C(=O)OC(C)OC(=O)CCCCCCC)c1. The van der Waals surface area contributed by atoms with Gasteiger partial charge in [0.05, 0.1) is 0 Å². The number of phenolic OH excluding ortho intramolecular Hbond substituents is 1. The molecular weight excluding hydrogens is 554 g/mol. The molecule has 242 valence electrons. The molecule has 1 aromatic carbocycles. The zero-order valence-electron chi connectivity index (χ0n) is 27.0. The van der Waals surface area contributed by atoms with Gasteiger partial charge in [0.25, 0.3) is 0 Å². The lowest BCUT2D eigenvalue weighted by molar-refractivity contribution is -0.165. The fraction of sp³-hybridized carbons (Fsp3) is 0.486. The number of rotatable bonds is 23. The number of esters is 2. The summed E-state index contributed by atoms with van der Waals surface area (Å²) in [6.45, 7) is 5.71. The van der Waals surface area contributed by atoms with Gasteiger partial charge in [-0.25, -0.2) is 4.79 Å². The van der Waals surface area contributed by atoms with Crippen molar-refractivity contribution < 1.29 is 29.0 Å². The van der Waals surface area contributed by atoms with Crippen LogP contribution < -0.4 is 5.32 Å². The molecule has 0 radical (unpaired) electrons. The third-order valence-electron chi connectivity index (χ3n) is 6.49. The van der Waals surface area contributed by atoms with Crippen molar-refractivity contribution in [1.82, 2.24) is 0 Å². The van der Waals surface area contributed by atoms with Crippen molar-refractivity contribution in [2.24, 2.45) is 0 Å². The Morgan fingerprint density at radius 1 is 0.750 bits per heavy atom. The van der Waals surface area contributed by atoms with Crippen LogP contribution in [0.3, 0.4) is 0 Å². The molecule has 0 fully saturated rings. The van der Waals surface area contributed by atoms with Gasteiger partial charge in [-0.2, -0.15) is 0 Å². The molecule has 0 aliphatic carbocycles. The summed E-state index contributed by atoms with van der Waals surface area (Å²) in [6.07, 6.45) is 32.3. The molecule has 0 aromatic heterocycles. The molecule has 1 atom stereocenters. The maximum absolute atomic E-state index is 12.6. The predicted octanol–water partition coefficient (Wildman–Crippen LogP) is 9.66. The molecule has 44 heavy (non-hydrogen) atoms. The van der Waals surface area contributed by atoms with Crippen LogP contribution in [0, 0.1) is 0 Å². The van der Waals surface area contributed by atoms with E-state index in [0.29, 0.717) is 18.5 Å². The van der Waals surface area contributed by atoms with E-state index in [1.165, 1.54) is 25.1 Å². The third kappa shape index (κ3) is 20.1. The lowest BCUT2D eigenvalue weighted by Gasteiger charge is -2.15. The number of hydrogen-bond donors (Lipinski definition) is 2. The van der Waals surface area contributed by atoms with Gasteiger partial charge in [-0.1, -0.05) is 100 Å². The van der Waals surface area contributed by atoms with Gasteiger partial charge in [0, 0.05) is 25.5 Å². The second-order valence-electron chi connectivity index (χ2n) is 10.5. The van der Waals surface area contributed by atoms with Crippen LogP contribution in [0.1, 0.15) is 121 Å². The minimum absolute atomic E-state index is 0.121. The lowest BCUT2D eigenvalue weighted by Crippen LogP contribution is -2.22. The first-order chi connectivity index (χ1) is 21.4. The highest BCUT2D eigenvalue weighted by molar-refractivity contribution is 5.96. The van der Waals surface area contributed by atoms with Crippen LogP contribution in [0.4, 0.5) is 5.69 Å². The lowest BCUT2D eigenvalue weighted by atomic mass is 10.1. The molecule has 2 N–H and O–H groups in total. The molecule has 0 aliphatic heterocycles. The molecule has 0 spiro atoms. The van der Waals surface area contributed by atoms with Crippen LogP contribution >= 0.6 is 0 Å². The Labute approximate surface area is 264 Å². The maximum atomic E-state index is 12.6.